The average Bonchev–Trinajstić information content (AvgIpc) is 2.46. The Bertz CT molecular complexity index is 409. The zero-order valence-corrected chi connectivity index (χ0v) is 6.28. The highest BCUT2D eigenvalue weighted by atomic mass is 16.3. The molecule has 5 heteroatoms. The van der Waals surface area contributed by atoms with E-state index in [-0.39, 0.29) is 6.61 Å². The first-order chi connectivity index (χ1) is 5.81. The Morgan fingerprint density at radius 2 is 2.42 bits per heavy atom. The van der Waals surface area contributed by atoms with E-state index in [1.165, 1.54) is 0 Å². The Hall–Kier alpha value is -1.62. The number of hydrogen-bond donors (Lipinski definition) is 3. The molecule has 2 aromatic rings. The second-order valence-electron chi connectivity index (χ2n) is 2.49. The van der Waals surface area contributed by atoms with Gasteiger partial charge in [-0.3, -0.25) is 5.10 Å². The van der Waals surface area contributed by atoms with Crippen molar-refractivity contribution in [3.8, 4) is 0 Å². The smallest absolute Gasteiger partial charge is 0.155 e. The molecular weight excluding hydrogens is 156 g/mol. The van der Waals surface area contributed by atoms with Crippen LogP contribution in [-0.2, 0) is 6.61 Å². The zero-order chi connectivity index (χ0) is 8.55. The van der Waals surface area contributed by atoms with Gasteiger partial charge in [0, 0.05) is 5.39 Å². The topological polar surface area (TPSA) is 87.8 Å². The van der Waals surface area contributed by atoms with Gasteiger partial charge in [-0.2, -0.15) is 5.10 Å². The maximum Gasteiger partial charge on any atom is 0.155 e. The van der Waals surface area contributed by atoms with Gasteiger partial charge in [-0.05, 0) is 6.07 Å². The van der Waals surface area contributed by atoms with Crippen LogP contribution in [-0.4, -0.2) is 20.3 Å². The van der Waals surface area contributed by atoms with Crippen LogP contribution in [0.2, 0.25) is 0 Å². The summed E-state index contributed by atoms with van der Waals surface area (Å²) in [5.74, 6) is 0. The molecular formula is C7H8N4O. The molecule has 0 aromatic carbocycles. The van der Waals surface area contributed by atoms with Crippen molar-refractivity contribution in [3.63, 3.8) is 0 Å². The molecule has 0 atom stereocenters. The maximum absolute atomic E-state index is 8.86. The van der Waals surface area contributed by atoms with E-state index in [9.17, 15) is 0 Å². The Morgan fingerprint density at radius 3 is 3.17 bits per heavy atom. The van der Waals surface area contributed by atoms with E-state index in [1.54, 1.807) is 12.3 Å². The first-order valence-corrected chi connectivity index (χ1v) is 3.50. The highest BCUT2D eigenvalue weighted by molar-refractivity contribution is 5.80. The number of aliphatic hydroxyl groups is 1. The number of rotatable bonds is 1. The molecule has 62 valence electrons. The number of H-pyrrole nitrogens is 1. The molecule has 0 aliphatic heterocycles. The molecule has 0 aliphatic carbocycles. The third-order valence-corrected chi connectivity index (χ3v) is 1.67. The summed E-state index contributed by atoms with van der Waals surface area (Å²) in [6, 6.07) is 1.73. The normalized spacial score (nSPS) is 10.8. The van der Waals surface area contributed by atoms with E-state index in [1.807, 2.05) is 0 Å². The number of nitrogens with two attached hydrogens (primary N) is 1. The minimum absolute atomic E-state index is 0.106. The molecule has 0 aliphatic rings. The molecule has 0 bridgehead atoms. The van der Waals surface area contributed by atoms with Gasteiger partial charge < -0.3 is 10.8 Å². The fourth-order valence-corrected chi connectivity index (χ4v) is 1.09. The van der Waals surface area contributed by atoms with Gasteiger partial charge >= 0.3 is 0 Å². The summed E-state index contributed by atoms with van der Waals surface area (Å²) in [6.07, 6.45) is 1.54. The van der Waals surface area contributed by atoms with Crippen molar-refractivity contribution in [2.45, 2.75) is 6.61 Å². The summed E-state index contributed by atoms with van der Waals surface area (Å²) in [4.78, 5) is 4.00. The van der Waals surface area contributed by atoms with Crippen LogP contribution >= 0.6 is 0 Å². The number of hydrogen-bond acceptors (Lipinski definition) is 4. The number of aliphatic hydroxyl groups excluding tert-OH is 1. The Balaban J connectivity index is 2.75. The average molecular weight is 164 g/mol. The summed E-state index contributed by atoms with van der Waals surface area (Å²) in [5.41, 5.74) is 7.31. The Morgan fingerprint density at radius 1 is 1.58 bits per heavy atom. The molecule has 4 N–H and O–H groups in total. The lowest BCUT2D eigenvalue weighted by atomic mass is 10.2. The van der Waals surface area contributed by atoms with Crippen molar-refractivity contribution in [2.24, 2.45) is 0 Å². The van der Waals surface area contributed by atoms with Gasteiger partial charge in [-0.25, -0.2) is 4.98 Å². The number of anilines is 1. The first-order valence-electron chi connectivity index (χ1n) is 3.50. The van der Waals surface area contributed by atoms with E-state index in [2.05, 4.69) is 15.2 Å². The van der Waals surface area contributed by atoms with Crippen LogP contribution in [0.15, 0.2) is 12.3 Å². The van der Waals surface area contributed by atoms with E-state index in [0.29, 0.717) is 17.0 Å². The molecule has 0 fully saturated rings. The fraction of sp³-hybridized carbons (Fsp3) is 0.143. The largest absolute Gasteiger partial charge is 0.397 e. The predicted molar refractivity (Wildman–Crippen MR) is 44.2 cm³/mol. The molecule has 0 saturated heterocycles. The lowest BCUT2D eigenvalue weighted by Crippen LogP contribution is -1.87. The third-order valence-electron chi connectivity index (χ3n) is 1.67. The molecule has 2 rings (SSSR count). The van der Waals surface area contributed by atoms with Gasteiger partial charge in [0.1, 0.15) is 0 Å². The van der Waals surface area contributed by atoms with Crippen molar-refractivity contribution >= 4 is 16.7 Å². The monoisotopic (exact) mass is 164 g/mol. The van der Waals surface area contributed by atoms with Gasteiger partial charge in [0.25, 0.3) is 0 Å². The van der Waals surface area contributed by atoms with Gasteiger partial charge in [-0.15, -0.1) is 0 Å². The number of nitrogens with zero attached hydrogens (tertiary/aromatic N) is 2. The molecule has 2 aromatic heterocycles. The second kappa shape index (κ2) is 2.46. The second-order valence-corrected chi connectivity index (χ2v) is 2.49. The summed E-state index contributed by atoms with van der Waals surface area (Å²) in [5, 5.41) is 16.2. The lowest BCUT2D eigenvalue weighted by Gasteiger charge is -1.92. The quantitative estimate of drug-likeness (QED) is 0.555. The van der Waals surface area contributed by atoms with Crippen molar-refractivity contribution in [1.29, 1.82) is 0 Å². The van der Waals surface area contributed by atoms with E-state index in [0.717, 1.165) is 5.39 Å². The van der Waals surface area contributed by atoms with Crippen molar-refractivity contribution in [2.75, 3.05) is 5.73 Å². The SMILES string of the molecule is Nc1cnc2[nH]nc(CO)c2c1. The predicted octanol–water partition coefficient (Wildman–Crippen LogP) is 0.0324. The van der Waals surface area contributed by atoms with Gasteiger partial charge in [-0.1, -0.05) is 0 Å². The summed E-state index contributed by atoms with van der Waals surface area (Å²) in [6.45, 7) is -0.106. The molecule has 0 unspecified atom stereocenters. The third kappa shape index (κ3) is 0.911. The molecule has 0 radical (unpaired) electrons. The van der Waals surface area contributed by atoms with E-state index >= 15 is 0 Å². The molecule has 12 heavy (non-hydrogen) atoms. The lowest BCUT2D eigenvalue weighted by molar-refractivity contribution is 0.278. The van der Waals surface area contributed by atoms with Crippen LogP contribution in [0.4, 0.5) is 5.69 Å². The van der Waals surface area contributed by atoms with Gasteiger partial charge in [0.2, 0.25) is 0 Å². The van der Waals surface area contributed by atoms with Crippen LogP contribution in [0.5, 0.6) is 0 Å². The number of nitrogen functional groups attached to an aromatic ring is 1. The zero-order valence-electron chi connectivity index (χ0n) is 6.28. The Labute approximate surface area is 68.2 Å². The maximum atomic E-state index is 8.86. The fourth-order valence-electron chi connectivity index (χ4n) is 1.09. The minimum Gasteiger partial charge on any atom is -0.397 e. The Kier molecular flexibility index (Phi) is 1.44. The van der Waals surface area contributed by atoms with E-state index < -0.39 is 0 Å². The highest BCUT2D eigenvalue weighted by Crippen LogP contribution is 2.15. The number of aromatic amines is 1. The number of pyridine rings is 1. The molecule has 5 nitrogen and oxygen atoms in total. The van der Waals surface area contributed by atoms with Crippen molar-refractivity contribution in [3.05, 3.63) is 18.0 Å². The number of aromatic nitrogens is 3. The summed E-state index contributed by atoms with van der Waals surface area (Å²) < 4.78 is 0. The van der Waals surface area contributed by atoms with Crippen LogP contribution in [0, 0.1) is 0 Å². The molecule has 0 saturated carbocycles. The van der Waals surface area contributed by atoms with Gasteiger partial charge in [0.05, 0.1) is 24.2 Å². The first kappa shape index (κ1) is 7.05. The molecule has 0 amide bonds. The summed E-state index contributed by atoms with van der Waals surface area (Å²) in [7, 11) is 0. The van der Waals surface area contributed by atoms with Crippen molar-refractivity contribution < 1.29 is 5.11 Å². The number of nitrogens with one attached hydrogen (secondary N) is 1. The van der Waals surface area contributed by atoms with Crippen LogP contribution in [0.1, 0.15) is 5.69 Å². The van der Waals surface area contributed by atoms with Crippen LogP contribution < -0.4 is 5.73 Å². The highest BCUT2D eigenvalue weighted by Gasteiger charge is 2.04. The van der Waals surface area contributed by atoms with Crippen molar-refractivity contribution in [1.82, 2.24) is 15.2 Å². The van der Waals surface area contributed by atoms with Gasteiger partial charge in [0.15, 0.2) is 5.65 Å². The number of fused-ring (bicyclic) bond motifs is 1. The standard InChI is InChI=1S/C7H8N4O/c8-4-1-5-6(3-12)10-11-7(5)9-2-4/h1-2,12H,3,8H2,(H,9,10,11). The minimum atomic E-state index is -0.106. The summed E-state index contributed by atoms with van der Waals surface area (Å²) >= 11 is 0. The van der Waals surface area contributed by atoms with Crippen LogP contribution in [0.3, 0.4) is 0 Å². The van der Waals surface area contributed by atoms with E-state index in [4.69, 9.17) is 10.8 Å². The van der Waals surface area contributed by atoms with Crippen LogP contribution in [0.25, 0.3) is 11.0 Å². The molecule has 2 heterocycles. The molecule has 0 spiro atoms.